The maximum atomic E-state index is 13.5. The number of carbonyl (C=O) groups is 2. The van der Waals surface area contributed by atoms with Crippen LogP contribution in [0.5, 0.6) is 5.75 Å². The standard InChI is InChI=1S/C24H32BrN3O5S/c1-16(2)26-24(30)18(4)27(14-19-7-10-21(33-5)11-8-19)23(29)15-28(34(6,31)32)20-9-12-22(25)17(3)13-20/h7-13,16,18H,14-15H2,1-6H3,(H,26,30). The number of carbonyl (C=O) groups excluding carboxylic acids is 2. The number of hydrogen-bond donors (Lipinski definition) is 1. The highest BCUT2D eigenvalue weighted by Crippen LogP contribution is 2.25. The lowest BCUT2D eigenvalue weighted by Crippen LogP contribution is -2.52. The Kier molecular flexibility index (Phi) is 9.52. The molecule has 1 N–H and O–H groups in total. The third-order valence-corrected chi connectivity index (χ3v) is 7.25. The van der Waals surface area contributed by atoms with E-state index in [4.69, 9.17) is 4.74 Å². The first kappa shape index (κ1) is 27.7. The summed E-state index contributed by atoms with van der Waals surface area (Å²) in [6, 6.07) is 11.3. The van der Waals surface area contributed by atoms with Crippen molar-refractivity contribution in [3.8, 4) is 5.75 Å². The summed E-state index contributed by atoms with van der Waals surface area (Å²) >= 11 is 3.41. The number of methoxy groups -OCH3 is 1. The van der Waals surface area contributed by atoms with Gasteiger partial charge in [0.1, 0.15) is 18.3 Å². The molecule has 0 saturated carbocycles. The van der Waals surface area contributed by atoms with Crippen molar-refractivity contribution >= 4 is 43.5 Å². The summed E-state index contributed by atoms with van der Waals surface area (Å²) in [7, 11) is -2.21. The number of nitrogens with zero attached hydrogens (tertiary/aromatic N) is 2. The van der Waals surface area contributed by atoms with Gasteiger partial charge in [-0.05, 0) is 69.2 Å². The maximum Gasteiger partial charge on any atom is 0.244 e. The number of halogens is 1. The van der Waals surface area contributed by atoms with Gasteiger partial charge in [-0.3, -0.25) is 13.9 Å². The Balaban J connectivity index is 2.40. The fourth-order valence-electron chi connectivity index (χ4n) is 3.31. The normalized spacial score (nSPS) is 12.2. The first-order chi connectivity index (χ1) is 15.8. The summed E-state index contributed by atoms with van der Waals surface area (Å²) < 4.78 is 32.3. The lowest BCUT2D eigenvalue weighted by atomic mass is 10.1. The zero-order valence-corrected chi connectivity index (χ0v) is 22.7. The molecule has 0 aliphatic carbocycles. The van der Waals surface area contributed by atoms with Crippen LogP contribution < -0.4 is 14.4 Å². The average molecular weight is 555 g/mol. The average Bonchev–Trinajstić information content (AvgIpc) is 2.76. The van der Waals surface area contributed by atoms with Crippen molar-refractivity contribution < 1.29 is 22.7 Å². The summed E-state index contributed by atoms with van der Waals surface area (Å²) in [6.07, 6.45) is 1.06. The van der Waals surface area contributed by atoms with Gasteiger partial charge in [0, 0.05) is 17.1 Å². The summed E-state index contributed by atoms with van der Waals surface area (Å²) in [4.78, 5) is 27.6. The number of aryl methyl sites for hydroxylation is 1. The first-order valence-electron chi connectivity index (χ1n) is 10.8. The number of amides is 2. The highest BCUT2D eigenvalue weighted by atomic mass is 79.9. The van der Waals surface area contributed by atoms with Crippen molar-refractivity contribution in [2.24, 2.45) is 0 Å². The molecule has 2 rings (SSSR count). The van der Waals surface area contributed by atoms with Crippen LogP contribution >= 0.6 is 15.9 Å². The fourth-order valence-corrected chi connectivity index (χ4v) is 4.40. The monoisotopic (exact) mass is 553 g/mol. The number of hydrogen-bond acceptors (Lipinski definition) is 5. The molecule has 0 saturated heterocycles. The molecule has 0 heterocycles. The molecule has 0 aromatic heterocycles. The zero-order valence-electron chi connectivity index (χ0n) is 20.3. The molecular weight excluding hydrogens is 522 g/mol. The van der Waals surface area contributed by atoms with Crippen LogP contribution in [0.3, 0.4) is 0 Å². The summed E-state index contributed by atoms with van der Waals surface area (Å²) in [6.45, 7) is 6.84. The maximum absolute atomic E-state index is 13.5. The van der Waals surface area contributed by atoms with Gasteiger partial charge in [0.2, 0.25) is 21.8 Å². The molecule has 1 unspecified atom stereocenters. The lowest BCUT2D eigenvalue weighted by molar-refractivity contribution is -0.139. The Hall–Kier alpha value is -2.59. The van der Waals surface area contributed by atoms with E-state index in [2.05, 4.69) is 21.2 Å². The summed E-state index contributed by atoms with van der Waals surface area (Å²) in [5, 5.41) is 2.82. The van der Waals surface area contributed by atoms with Crippen LogP contribution in [0.15, 0.2) is 46.9 Å². The molecule has 0 spiro atoms. The minimum absolute atomic E-state index is 0.105. The van der Waals surface area contributed by atoms with E-state index in [0.717, 1.165) is 26.2 Å². The topological polar surface area (TPSA) is 96.0 Å². The molecule has 2 amide bonds. The fraction of sp³-hybridized carbons (Fsp3) is 0.417. The van der Waals surface area contributed by atoms with Crippen molar-refractivity contribution in [3.05, 3.63) is 58.1 Å². The van der Waals surface area contributed by atoms with Gasteiger partial charge < -0.3 is 15.0 Å². The van der Waals surface area contributed by atoms with Crippen LogP contribution in [0.1, 0.15) is 31.9 Å². The zero-order chi connectivity index (χ0) is 25.6. The quantitative estimate of drug-likeness (QED) is 0.486. The van der Waals surface area contributed by atoms with E-state index < -0.39 is 28.5 Å². The van der Waals surface area contributed by atoms with Gasteiger partial charge in [-0.1, -0.05) is 28.1 Å². The van der Waals surface area contributed by atoms with Gasteiger partial charge in [-0.25, -0.2) is 8.42 Å². The Morgan fingerprint density at radius 1 is 1.09 bits per heavy atom. The first-order valence-corrected chi connectivity index (χ1v) is 13.4. The van der Waals surface area contributed by atoms with Gasteiger partial charge in [0.05, 0.1) is 19.1 Å². The van der Waals surface area contributed by atoms with Gasteiger partial charge in [-0.15, -0.1) is 0 Å². The second-order valence-corrected chi connectivity index (χ2v) is 11.2. The molecule has 0 aliphatic rings. The largest absolute Gasteiger partial charge is 0.497 e. The molecule has 1 atom stereocenters. The van der Waals surface area contributed by atoms with Crippen molar-refractivity contribution in [1.82, 2.24) is 10.2 Å². The number of benzene rings is 2. The van der Waals surface area contributed by atoms with Crippen molar-refractivity contribution in [2.75, 3.05) is 24.2 Å². The smallest absolute Gasteiger partial charge is 0.244 e. The number of sulfonamides is 1. The van der Waals surface area contributed by atoms with Crippen molar-refractivity contribution in [3.63, 3.8) is 0 Å². The Bertz CT molecular complexity index is 1120. The van der Waals surface area contributed by atoms with Crippen LogP contribution in [-0.4, -0.2) is 57.1 Å². The number of ether oxygens (including phenoxy) is 1. The third-order valence-electron chi connectivity index (χ3n) is 5.22. The predicted molar refractivity (Wildman–Crippen MR) is 137 cm³/mol. The minimum Gasteiger partial charge on any atom is -0.497 e. The molecular formula is C24H32BrN3O5S. The van der Waals surface area contributed by atoms with E-state index in [1.165, 1.54) is 4.90 Å². The van der Waals surface area contributed by atoms with Gasteiger partial charge >= 0.3 is 0 Å². The predicted octanol–water partition coefficient (Wildman–Crippen LogP) is 3.47. The van der Waals surface area contributed by atoms with E-state index in [0.29, 0.717) is 11.4 Å². The summed E-state index contributed by atoms with van der Waals surface area (Å²) in [5.74, 6) is -0.142. The van der Waals surface area contributed by atoms with Gasteiger partial charge in [0.15, 0.2) is 0 Å². The van der Waals surface area contributed by atoms with Crippen molar-refractivity contribution in [2.45, 2.75) is 46.3 Å². The Morgan fingerprint density at radius 3 is 2.21 bits per heavy atom. The Labute approximate surface area is 210 Å². The van der Waals surface area contributed by atoms with Crippen LogP contribution in [0, 0.1) is 6.92 Å². The van der Waals surface area contributed by atoms with E-state index in [1.54, 1.807) is 56.5 Å². The molecule has 0 fully saturated rings. The van der Waals surface area contributed by atoms with Crippen LogP contribution in [-0.2, 0) is 26.2 Å². The number of rotatable bonds is 10. The molecule has 8 nitrogen and oxygen atoms in total. The van der Waals surface area contributed by atoms with Gasteiger partial charge in [-0.2, -0.15) is 0 Å². The van der Waals surface area contributed by atoms with E-state index in [-0.39, 0.29) is 18.5 Å². The molecule has 34 heavy (non-hydrogen) atoms. The number of anilines is 1. The van der Waals surface area contributed by atoms with Crippen molar-refractivity contribution in [1.29, 1.82) is 0 Å². The van der Waals surface area contributed by atoms with E-state index in [9.17, 15) is 18.0 Å². The molecule has 0 radical (unpaired) electrons. The van der Waals surface area contributed by atoms with E-state index in [1.807, 2.05) is 20.8 Å². The number of nitrogens with one attached hydrogen (secondary N) is 1. The van der Waals surface area contributed by atoms with E-state index >= 15 is 0 Å². The molecule has 10 heteroatoms. The lowest BCUT2D eigenvalue weighted by Gasteiger charge is -2.32. The molecule has 0 aliphatic heterocycles. The SMILES string of the molecule is COc1ccc(CN(C(=O)CN(c2ccc(Br)c(C)c2)S(C)(=O)=O)C(C)C(=O)NC(C)C)cc1. The molecule has 2 aromatic rings. The van der Waals surface area contributed by atoms with Crippen LogP contribution in [0.4, 0.5) is 5.69 Å². The van der Waals surface area contributed by atoms with Crippen LogP contribution in [0.2, 0.25) is 0 Å². The highest BCUT2D eigenvalue weighted by molar-refractivity contribution is 9.10. The van der Waals surface area contributed by atoms with Gasteiger partial charge in [0.25, 0.3) is 0 Å². The minimum atomic E-state index is -3.77. The second-order valence-electron chi connectivity index (χ2n) is 8.41. The second kappa shape index (κ2) is 11.7. The third kappa shape index (κ3) is 7.46. The molecule has 0 bridgehead atoms. The molecule has 2 aromatic carbocycles. The Morgan fingerprint density at radius 2 is 1.71 bits per heavy atom. The highest BCUT2D eigenvalue weighted by Gasteiger charge is 2.30. The van der Waals surface area contributed by atoms with Crippen LogP contribution in [0.25, 0.3) is 0 Å². The summed E-state index contributed by atoms with van der Waals surface area (Å²) in [5.41, 5.74) is 1.99. The molecule has 186 valence electrons.